The fourth-order valence-electron chi connectivity index (χ4n) is 4.55. The molecule has 0 atom stereocenters. The lowest BCUT2D eigenvalue weighted by atomic mass is 10.0. The summed E-state index contributed by atoms with van der Waals surface area (Å²) in [6, 6.07) is 27.2. The second-order valence-corrected chi connectivity index (χ2v) is 7.55. The summed E-state index contributed by atoms with van der Waals surface area (Å²) in [4.78, 5) is 2.50. The number of fused-ring (bicyclic) bond motifs is 1. The first kappa shape index (κ1) is 15.5. The third-order valence-corrected chi connectivity index (χ3v) is 5.66. The molecule has 0 aromatic heterocycles. The number of benzene rings is 4. The lowest BCUT2D eigenvalue weighted by Gasteiger charge is -2.31. The minimum absolute atomic E-state index is 0.374. The average molecular weight is 337 g/mol. The van der Waals surface area contributed by atoms with Crippen LogP contribution in [-0.2, 0) is 12.8 Å². The van der Waals surface area contributed by atoms with Gasteiger partial charge >= 0.3 is 0 Å². The van der Waals surface area contributed by atoms with Gasteiger partial charge in [-0.15, -0.1) is 0 Å². The molecular formula is C25H23N. The quantitative estimate of drug-likeness (QED) is 0.405. The molecule has 0 unspecified atom stereocenters. The molecule has 4 aromatic rings. The van der Waals surface area contributed by atoms with Crippen molar-refractivity contribution in [2.24, 2.45) is 0 Å². The van der Waals surface area contributed by atoms with Crippen molar-refractivity contribution in [3.05, 3.63) is 83.9 Å². The molecule has 0 spiro atoms. The minimum atomic E-state index is 0.374. The summed E-state index contributed by atoms with van der Waals surface area (Å²) in [6.45, 7) is 4.57. The Hall–Kier alpha value is -2.80. The van der Waals surface area contributed by atoms with Crippen LogP contribution in [-0.4, -0.2) is 6.04 Å². The highest BCUT2D eigenvalue weighted by atomic mass is 15.2. The zero-order valence-electron chi connectivity index (χ0n) is 15.4. The van der Waals surface area contributed by atoms with E-state index in [1.807, 2.05) is 0 Å². The highest BCUT2D eigenvalue weighted by Crippen LogP contribution is 2.41. The summed E-state index contributed by atoms with van der Waals surface area (Å²) < 4.78 is 0. The summed E-state index contributed by atoms with van der Waals surface area (Å²) in [7, 11) is 0. The minimum Gasteiger partial charge on any atom is -0.338 e. The highest BCUT2D eigenvalue weighted by molar-refractivity contribution is 6.04. The van der Waals surface area contributed by atoms with Crippen LogP contribution in [0.25, 0.3) is 21.5 Å². The van der Waals surface area contributed by atoms with E-state index >= 15 is 0 Å². The van der Waals surface area contributed by atoms with Gasteiger partial charge in [0.2, 0.25) is 0 Å². The van der Waals surface area contributed by atoms with Gasteiger partial charge in [-0.1, -0.05) is 60.7 Å². The third kappa shape index (κ3) is 2.24. The first-order chi connectivity index (χ1) is 12.7. The normalized spacial score (nSPS) is 13.0. The van der Waals surface area contributed by atoms with Crippen molar-refractivity contribution in [2.75, 3.05) is 4.90 Å². The fraction of sp³-hybridized carbons (Fsp3) is 0.200. The summed E-state index contributed by atoms with van der Waals surface area (Å²) in [5.41, 5.74) is 5.61. The Morgan fingerprint density at radius 2 is 1.31 bits per heavy atom. The van der Waals surface area contributed by atoms with Gasteiger partial charge in [-0.25, -0.2) is 0 Å². The molecule has 0 radical (unpaired) electrons. The summed E-state index contributed by atoms with van der Waals surface area (Å²) in [6.07, 6.45) is 2.35. The summed E-state index contributed by atoms with van der Waals surface area (Å²) in [5.74, 6) is 0. The molecule has 1 heteroatoms. The van der Waals surface area contributed by atoms with Crippen molar-refractivity contribution in [1.82, 2.24) is 0 Å². The SMILES string of the molecule is CC(C)N(c1cccc2ccccc12)c1ccc2c3c(cccc13)CC2. The van der Waals surface area contributed by atoms with Crippen LogP contribution in [0.15, 0.2) is 72.8 Å². The first-order valence-corrected chi connectivity index (χ1v) is 9.54. The van der Waals surface area contributed by atoms with E-state index in [1.165, 1.54) is 56.9 Å². The molecule has 0 saturated carbocycles. The maximum atomic E-state index is 2.50. The number of nitrogens with zero attached hydrogens (tertiary/aromatic N) is 1. The predicted octanol–water partition coefficient (Wildman–Crippen LogP) is 6.64. The van der Waals surface area contributed by atoms with E-state index < -0.39 is 0 Å². The molecule has 0 fully saturated rings. The Morgan fingerprint density at radius 1 is 0.654 bits per heavy atom. The van der Waals surface area contributed by atoms with Gasteiger partial charge in [-0.2, -0.15) is 0 Å². The van der Waals surface area contributed by atoms with E-state index in [4.69, 9.17) is 0 Å². The highest BCUT2D eigenvalue weighted by Gasteiger charge is 2.21. The smallest absolute Gasteiger partial charge is 0.0493 e. The molecular weight excluding hydrogens is 314 g/mol. The lowest BCUT2D eigenvalue weighted by Crippen LogP contribution is -2.25. The maximum absolute atomic E-state index is 2.50. The second-order valence-electron chi connectivity index (χ2n) is 7.55. The largest absolute Gasteiger partial charge is 0.338 e. The Kier molecular flexibility index (Phi) is 3.49. The number of rotatable bonds is 3. The lowest BCUT2D eigenvalue weighted by molar-refractivity contribution is 0.794. The molecule has 0 saturated heterocycles. The number of aryl methyl sites for hydroxylation is 2. The van der Waals surface area contributed by atoms with Gasteiger partial charge in [0.25, 0.3) is 0 Å². The van der Waals surface area contributed by atoms with Gasteiger partial charge in [-0.05, 0) is 60.7 Å². The second kappa shape index (κ2) is 5.88. The van der Waals surface area contributed by atoms with E-state index in [1.54, 1.807) is 0 Å². The molecule has 0 amide bonds. The van der Waals surface area contributed by atoms with Crippen LogP contribution in [0.1, 0.15) is 25.0 Å². The van der Waals surface area contributed by atoms with Crippen molar-refractivity contribution in [1.29, 1.82) is 0 Å². The molecule has 1 aliphatic carbocycles. The molecule has 5 rings (SSSR count). The number of anilines is 2. The summed E-state index contributed by atoms with van der Waals surface area (Å²) >= 11 is 0. The van der Waals surface area contributed by atoms with Crippen LogP contribution < -0.4 is 4.90 Å². The van der Waals surface area contributed by atoms with Crippen molar-refractivity contribution in [2.45, 2.75) is 32.7 Å². The molecule has 128 valence electrons. The summed E-state index contributed by atoms with van der Waals surface area (Å²) in [5, 5.41) is 5.48. The number of hydrogen-bond acceptors (Lipinski definition) is 1. The van der Waals surface area contributed by atoms with Crippen molar-refractivity contribution in [3.8, 4) is 0 Å². The van der Waals surface area contributed by atoms with Gasteiger partial charge < -0.3 is 4.90 Å². The molecule has 1 nitrogen and oxygen atoms in total. The van der Waals surface area contributed by atoms with Gasteiger partial charge in [0.05, 0.1) is 0 Å². The Balaban J connectivity index is 1.81. The monoisotopic (exact) mass is 337 g/mol. The van der Waals surface area contributed by atoms with E-state index in [9.17, 15) is 0 Å². The Morgan fingerprint density at radius 3 is 2.15 bits per heavy atom. The Labute approximate surface area is 154 Å². The van der Waals surface area contributed by atoms with Gasteiger partial charge in [0.1, 0.15) is 0 Å². The van der Waals surface area contributed by atoms with E-state index in [0.717, 1.165) is 0 Å². The van der Waals surface area contributed by atoms with Crippen molar-refractivity contribution in [3.63, 3.8) is 0 Å². The molecule has 26 heavy (non-hydrogen) atoms. The fourth-order valence-corrected chi connectivity index (χ4v) is 4.55. The van der Waals surface area contributed by atoms with E-state index in [-0.39, 0.29) is 0 Å². The molecule has 0 heterocycles. The molecule has 0 aliphatic heterocycles. The van der Waals surface area contributed by atoms with Gasteiger partial charge in [0.15, 0.2) is 0 Å². The van der Waals surface area contributed by atoms with E-state index in [2.05, 4.69) is 91.5 Å². The average Bonchev–Trinajstić information content (AvgIpc) is 3.09. The van der Waals surface area contributed by atoms with E-state index in [0.29, 0.717) is 6.04 Å². The van der Waals surface area contributed by atoms with Crippen LogP contribution >= 0.6 is 0 Å². The third-order valence-electron chi connectivity index (χ3n) is 5.66. The van der Waals surface area contributed by atoms with Crippen LogP contribution in [0.4, 0.5) is 11.4 Å². The zero-order chi connectivity index (χ0) is 17.7. The zero-order valence-corrected chi connectivity index (χ0v) is 15.4. The van der Waals surface area contributed by atoms with Crippen LogP contribution in [0.2, 0.25) is 0 Å². The molecule has 4 aromatic carbocycles. The standard InChI is InChI=1S/C25H23N/c1-17(2)26(23-12-6-8-18-7-3-4-10-21(18)23)24-16-15-20-14-13-19-9-5-11-22(24)25(19)20/h3-12,15-17H,13-14H2,1-2H3. The Bertz CT molecular complexity index is 1110. The van der Waals surface area contributed by atoms with Crippen molar-refractivity contribution >= 4 is 32.9 Å². The number of hydrogen-bond donors (Lipinski definition) is 0. The molecule has 1 aliphatic rings. The topological polar surface area (TPSA) is 3.24 Å². The predicted molar refractivity (Wildman–Crippen MR) is 113 cm³/mol. The van der Waals surface area contributed by atoms with Crippen LogP contribution in [0.3, 0.4) is 0 Å². The molecule has 0 bridgehead atoms. The first-order valence-electron chi connectivity index (χ1n) is 9.54. The van der Waals surface area contributed by atoms with Gasteiger partial charge in [0, 0.05) is 28.2 Å². The maximum Gasteiger partial charge on any atom is 0.0493 e. The van der Waals surface area contributed by atoms with Crippen LogP contribution in [0, 0.1) is 0 Å². The van der Waals surface area contributed by atoms with Gasteiger partial charge in [-0.3, -0.25) is 0 Å². The molecule has 0 N–H and O–H groups in total. The van der Waals surface area contributed by atoms with Crippen molar-refractivity contribution < 1.29 is 0 Å². The van der Waals surface area contributed by atoms with Crippen LogP contribution in [0.5, 0.6) is 0 Å².